The van der Waals surface area contributed by atoms with Gasteiger partial charge in [0.1, 0.15) is 0 Å². The number of likely N-dealkylation sites (tertiary alicyclic amines) is 1. The molecule has 0 radical (unpaired) electrons. The smallest absolute Gasteiger partial charge is 0.253 e. The van der Waals surface area contributed by atoms with Crippen LogP contribution in [0.4, 0.5) is 5.69 Å². The molecular weight excluding hydrogens is 342 g/mol. The predicted molar refractivity (Wildman–Crippen MR) is 105 cm³/mol. The molecule has 1 saturated heterocycles. The number of rotatable bonds is 4. The van der Waals surface area contributed by atoms with E-state index in [-0.39, 0.29) is 23.4 Å². The summed E-state index contributed by atoms with van der Waals surface area (Å²) >= 11 is 0. The van der Waals surface area contributed by atoms with Crippen LogP contribution in [0.15, 0.2) is 66.1 Å². The molecule has 0 unspecified atom stereocenters. The Morgan fingerprint density at radius 2 is 1.78 bits per heavy atom. The van der Waals surface area contributed by atoms with E-state index < -0.39 is 0 Å². The SMILES string of the molecule is C=CC(=O)N(C)c1ccc(C(=O)N2CCC(n3ccccc3=O)CC2)cc1. The Bertz CT molecular complexity index is 893. The lowest BCUT2D eigenvalue weighted by atomic mass is 10.0. The van der Waals surface area contributed by atoms with Crippen LogP contribution in [-0.2, 0) is 4.79 Å². The molecule has 1 aliphatic heterocycles. The van der Waals surface area contributed by atoms with E-state index in [1.807, 2.05) is 17.2 Å². The normalized spacial score (nSPS) is 14.6. The van der Waals surface area contributed by atoms with Gasteiger partial charge >= 0.3 is 0 Å². The Morgan fingerprint density at radius 1 is 1.11 bits per heavy atom. The number of anilines is 1. The zero-order valence-electron chi connectivity index (χ0n) is 15.4. The molecule has 0 aliphatic carbocycles. The lowest BCUT2D eigenvalue weighted by molar-refractivity contribution is -0.113. The largest absolute Gasteiger partial charge is 0.338 e. The van der Waals surface area contributed by atoms with E-state index in [0.717, 1.165) is 12.8 Å². The molecule has 3 rings (SSSR count). The van der Waals surface area contributed by atoms with Gasteiger partial charge in [-0.1, -0.05) is 12.6 Å². The lowest BCUT2D eigenvalue weighted by Crippen LogP contribution is -2.40. The number of nitrogens with zero attached hydrogens (tertiary/aromatic N) is 3. The van der Waals surface area contributed by atoms with E-state index in [1.165, 1.54) is 11.0 Å². The number of hydrogen-bond donors (Lipinski definition) is 0. The quantitative estimate of drug-likeness (QED) is 0.782. The number of likely N-dealkylation sites (N-methyl/N-ethyl adjacent to an activating group) is 1. The minimum Gasteiger partial charge on any atom is -0.338 e. The van der Waals surface area contributed by atoms with Gasteiger partial charge in [-0.15, -0.1) is 0 Å². The van der Waals surface area contributed by atoms with Crippen LogP contribution in [-0.4, -0.2) is 41.4 Å². The van der Waals surface area contributed by atoms with Gasteiger partial charge in [0.25, 0.3) is 11.5 Å². The van der Waals surface area contributed by atoms with E-state index in [9.17, 15) is 14.4 Å². The van der Waals surface area contributed by atoms with Crippen molar-refractivity contribution in [2.45, 2.75) is 18.9 Å². The number of carbonyl (C=O) groups excluding carboxylic acids is 2. The minimum atomic E-state index is -0.202. The van der Waals surface area contributed by atoms with Crippen LogP contribution < -0.4 is 10.5 Å². The second kappa shape index (κ2) is 8.03. The third-order valence-corrected chi connectivity index (χ3v) is 5.00. The fraction of sp³-hybridized carbons (Fsp3) is 0.286. The van der Waals surface area contributed by atoms with Crippen molar-refractivity contribution in [3.05, 3.63) is 77.2 Å². The maximum atomic E-state index is 12.7. The molecular formula is C21H23N3O3. The van der Waals surface area contributed by atoms with Gasteiger partial charge in [0, 0.05) is 49.7 Å². The number of hydrogen-bond acceptors (Lipinski definition) is 3. The molecule has 1 aromatic carbocycles. The predicted octanol–water partition coefficient (Wildman–Crippen LogP) is 2.47. The van der Waals surface area contributed by atoms with Crippen LogP contribution in [0.2, 0.25) is 0 Å². The molecule has 1 fully saturated rings. The van der Waals surface area contributed by atoms with Crippen LogP contribution in [0.1, 0.15) is 29.2 Å². The highest BCUT2D eigenvalue weighted by molar-refractivity contribution is 6.01. The van der Waals surface area contributed by atoms with Gasteiger partial charge in [-0.25, -0.2) is 0 Å². The molecule has 1 aromatic heterocycles. The average Bonchev–Trinajstić information content (AvgIpc) is 2.73. The maximum Gasteiger partial charge on any atom is 0.253 e. The van der Waals surface area contributed by atoms with Crippen LogP contribution in [0, 0.1) is 0 Å². The summed E-state index contributed by atoms with van der Waals surface area (Å²) in [5.74, 6) is -0.231. The summed E-state index contributed by atoms with van der Waals surface area (Å²) in [5.41, 5.74) is 1.29. The van der Waals surface area contributed by atoms with Gasteiger partial charge < -0.3 is 14.4 Å². The lowest BCUT2D eigenvalue weighted by Gasteiger charge is -2.33. The van der Waals surface area contributed by atoms with E-state index in [2.05, 4.69) is 6.58 Å². The molecule has 0 saturated carbocycles. The highest BCUT2D eigenvalue weighted by Crippen LogP contribution is 2.23. The molecule has 2 amide bonds. The van der Waals surface area contributed by atoms with Crippen molar-refractivity contribution in [3.63, 3.8) is 0 Å². The van der Waals surface area contributed by atoms with Crippen LogP contribution >= 0.6 is 0 Å². The third-order valence-electron chi connectivity index (χ3n) is 5.00. The van der Waals surface area contributed by atoms with Crippen LogP contribution in [0.25, 0.3) is 0 Å². The Balaban J connectivity index is 1.64. The number of amides is 2. The highest BCUT2D eigenvalue weighted by Gasteiger charge is 2.25. The number of benzene rings is 1. The van der Waals surface area contributed by atoms with Gasteiger partial charge in [-0.3, -0.25) is 14.4 Å². The zero-order chi connectivity index (χ0) is 19.4. The molecule has 0 N–H and O–H groups in total. The molecule has 0 spiro atoms. The summed E-state index contributed by atoms with van der Waals surface area (Å²) in [6.45, 7) is 4.70. The Kier molecular flexibility index (Phi) is 5.54. The molecule has 6 nitrogen and oxygen atoms in total. The number of aromatic nitrogens is 1. The number of carbonyl (C=O) groups is 2. The van der Waals surface area contributed by atoms with Crippen molar-refractivity contribution in [3.8, 4) is 0 Å². The minimum absolute atomic E-state index is 0.00365. The van der Waals surface area contributed by atoms with Gasteiger partial charge in [0.15, 0.2) is 0 Å². The molecule has 0 atom stereocenters. The average molecular weight is 365 g/mol. The first-order valence-electron chi connectivity index (χ1n) is 8.98. The Hall–Kier alpha value is -3.15. The van der Waals surface area contributed by atoms with Crippen LogP contribution in [0.5, 0.6) is 0 Å². The van der Waals surface area contributed by atoms with Crippen LogP contribution in [0.3, 0.4) is 0 Å². The van der Waals surface area contributed by atoms with Crippen molar-refractivity contribution < 1.29 is 9.59 Å². The van der Waals surface area contributed by atoms with Crippen molar-refractivity contribution in [1.82, 2.24) is 9.47 Å². The Labute approximate surface area is 158 Å². The summed E-state index contributed by atoms with van der Waals surface area (Å²) in [5, 5.41) is 0. The third kappa shape index (κ3) is 4.00. The van der Waals surface area contributed by atoms with Gasteiger partial charge in [0.2, 0.25) is 5.91 Å². The molecule has 1 aliphatic rings. The fourth-order valence-corrected chi connectivity index (χ4v) is 3.36. The monoisotopic (exact) mass is 365 g/mol. The highest BCUT2D eigenvalue weighted by atomic mass is 16.2. The molecule has 140 valence electrons. The number of piperidine rings is 1. The summed E-state index contributed by atoms with van der Waals surface area (Å²) in [6, 6.07) is 12.3. The first kappa shape index (κ1) is 18.6. The van der Waals surface area contributed by atoms with E-state index in [1.54, 1.807) is 48.0 Å². The van der Waals surface area contributed by atoms with E-state index in [4.69, 9.17) is 0 Å². The zero-order valence-corrected chi connectivity index (χ0v) is 15.4. The van der Waals surface area contributed by atoms with Gasteiger partial charge in [0.05, 0.1) is 0 Å². The van der Waals surface area contributed by atoms with Gasteiger partial charge in [-0.05, 0) is 49.2 Å². The summed E-state index contributed by atoms with van der Waals surface area (Å²) in [7, 11) is 1.66. The Morgan fingerprint density at radius 3 is 2.37 bits per heavy atom. The van der Waals surface area contributed by atoms with Crippen molar-refractivity contribution in [1.29, 1.82) is 0 Å². The van der Waals surface area contributed by atoms with E-state index in [0.29, 0.717) is 24.3 Å². The maximum absolute atomic E-state index is 12.7. The second-order valence-electron chi connectivity index (χ2n) is 6.62. The first-order valence-corrected chi connectivity index (χ1v) is 8.98. The molecule has 2 heterocycles. The molecule has 27 heavy (non-hydrogen) atoms. The van der Waals surface area contributed by atoms with E-state index >= 15 is 0 Å². The van der Waals surface area contributed by atoms with Crippen molar-refractivity contribution >= 4 is 17.5 Å². The topological polar surface area (TPSA) is 62.6 Å². The summed E-state index contributed by atoms with van der Waals surface area (Å²) in [6.07, 6.45) is 4.57. The number of pyridine rings is 1. The van der Waals surface area contributed by atoms with Gasteiger partial charge in [-0.2, -0.15) is 0 Å². The first-order chi connectivity index (χ1) is 13.0. The van der Waals surface area contributed by atoms with Crippen molar-refractivity contribution in [2.75, 3.05) is 25.0 Å². The summed E-state index contributed by atoms with van der Waals surface area (Å²) < 4.78 is 1.75. The molecule has 2 aromatic rings. The standard InChI is InChI=1S/C21H23N3O3/c1-3-19(25)22(2)17-9-7-16(8-10-17)21(27)23-14-11-18(12-15-23)24-13-5-4-6-20(24)26/h3-10,13,18H,1,11-12,14-15H2,2H3. The molecule has 6 heteroatoms. The summed E-state index contributed by atoms with van der Waals surface area (Å²) in [4.78, 5) is 39.7. The molecule has 0 bridgehead atoms. The second-order valence-corrected chi connectivity index (χ2v) is 6.62. The fourth-order valence-electron chi connectivity index (χ4n) is 3.36. The van der Waals surface area contributed by atoms with Crippen molar-refractivity contribution in [2.24, 2.45) is 0 Å².